The van der Waals surface area contributed by atoms with Gasteiger partial charge < -0.3 is 10.1 Å². The molecule has 2 rings (SSSR count). The molecule has 8 nitrogen and oxygen atoms in total. The first-order valence-electron chi connectivity index (χ1n) is 7.30. The highest BCUT2D eigenvalue weighted by molar-refractivity contribution is 7.70. The van der Waals surface area contributed by atoms with Crippen LogP contribution in [0.1, 0.15) is 6.42 Å². The Kier molecular flexibility index (Phi) is 5.80. The summed E-state index contributed by atoms with van der Waals surface area (Å²) in [4.78, 5) is 24.2. The number of hydrogen-bond acceptors (Lipinski definition) is 5. The molecule has 0 unspecified atom stereocenters. The van der Waals surface area contributed by atoms with Crippen LogP contribution >= 0.6 is 0 Å². The van der Waals surface area contributed by atoms with E-state index < -0.39 is 23.0 Å². The highest BCUT2D eigenvalue weighted by atomic mass is 32.2. The molecule has 0 saturated carbocycles. The first kappa shape index (κ1) is 17.8. The van der Waals surface area contributed by atoms with Crippen LogP contribution in [0.25, 0.3) is 0 Å². The number of thiol groups is 1. The zero-order valence-electron chi connectivity index (χ0n) is 13.0. The summed E-state index contributed by atoms with van der Waals surface area (Å²) < 4.78 is 30.1. The van der Waals surface area contributed by atoms with E-state index >= 15 is 0 Å². The number of urea groups is 1. The van der Waals surface area contributed by atoms with Crippen LogP contribution in [0.15, 0.2) is 48.9 Å². The van der Waals surface area contributed by atoms with Crippen LogP contribution < -0.4 is 5.32 Å². The number of ether oxygens (including phenoxy) is 1. The molecule has 0 aromatic carbocycles. The summed E-state index contributed by atoms with van der Waals surface area (Å²) >= 11 is 0. The molecule has 1 atom stereocenters. The van der Waals surface area contributed by atoms with Gasteiger partial charge in [-0.2, -0.15) is 0 Å². The lowest BCUT2D eigenvalue weighted by Gasteiger charge is -2.35. The number of hydrogen-bond donors (Lipinski definition) is 2. The second kappa shape index (κ2) is 7.82. The molecule has 130 valence electrons. The highest BCUT2D eigenvalue weighted by Crippen LogP contribution is 2.27. The number of carbonyl (C=O) groups excluding carboxylic acids is 2. The van der Waals surface area contributed by atoms with Gasteiger partial charge in [-0.1, -0.05) is 25.3 Å². The fraction of sp³-hybridized carbons (Fsp3) is 0.333. The van der Waals surface area contributed by atoms with E-state index in [9.17, 15) is 18.0 Å². The summed E-state index contributed by atoms with van der Waals surface area (Å²) in [5.74, 6) is 0.0363. The second-order valence-electron chi connectivity index (χ2n) is 5.11. The average Bonchev–Trinajstić information content (AvgIpc) is 2.86. The van der Waals surface area contributed by atoms with E-state index in [-0.39, 0.29) is 25.5 Å². The van der Waals surface area contributed by atoms with Gasteiger partial charge in [-0.15, -0.1) is 0 Å². The molecule has 1 N–H and O–H groups in total. The van der Waals surface area contributed by atoms with Crippen molar-refractivity contribution < 1.29 is 22.7 Å². The van der Waals surface area contributed by atoms with E-state index in [4.69, 9.17) is 4.74 Å². The van der Waals surface area contributed by atoms with Gasteiger partial charge in [-0.25, -0.2) is 13.2 Å². The average molecular weight is 353 g/mol. The zero-order chi connectivity index (χ0) is 17.7. The van der Waals surface area contributed by atoms with Crippen molar-refractivity contribution in [3.8, 4) is 0 Å². The molecule has 3 amide bonds. The third-order valence-electron chi connectivity index (χ3n) is 3.55. The van der Waals surface area contributed by atoms with Crippen molar-refractivity contribution >= 4 is 22.8 Å². The third-order valence-corrected chi connectivity index (χ3v) is 4.33. The van der Waals surface area contributed by atoms with Crippen LogP contribution in [0.3, 0.4) is 0 Å². The van der Waals surface area contributed by atoms with E-state index in [1.807, 2.05) is 0 Å². The van der Waals surface area contributed by atoms with Crippen molar-refractivity contribution in [1.82, 2.24) is 14.5 Å². The van der Waals surface area contributed by atoms with Gasteiger partial charge in [0.2, 0.25) is 16.8 Å². The van der Waals surface area contributed by atoms with Crippen molar-refractivity contribution in [1.29, 1.82) is 0 Å². The lowest BCUT2D eigenvalue weighted by atomic mass is 10.1. The van der Waals surface area contributed by atoms with Crippen LogP contribution in [0.5, 0.6) is 0 Å². The van der Waals surface area contributed by atoms with E-state index in [1.165, 1.54) is 22.5 Å². The van der Waals surface area contributed by atoms with E-state index in [2.05, 4.69) is 18.5 Å². The Hall–Kier alpha value is -2.55. The van der Waals surface area contributed by atoms with Crippen molar-refractivity contribution in [3.63, 3.8) is 0 Å². The van der Waals surface area contributed by atoms with E-state index in [1.54, 1.807) is 6.08 Å². The summed E-state index contributed by atoms with van der Waals surface area (Å²) in [7, 11) is -2.87. The van der Waals surface area contributed by atoms with Crippen molar-refractivity contribution in [2.24, 2.45) is 0 Å². The smallest absolute Gasteiger partial charge is 0.324 e. The number of imide groups is 1. The van der Waals surface area contributed by atoms with E-state index in [0.717, 1.165) is 4.90 Å². The molecule has 0 aromatic heterocycles. The molecule has 0 spiro atoms. The summed E-state index contributed by atoms with van der Waals surface area (Å²) in [6, 6.07) is -0.448. The van der Waals surface area contributed by atoms with Gasteiger partial charge in [0.05, 0.1) is 18.8 Å². The Bertz CT molecular complexity index is 671. The van der Waals surface area contributed by atoms with Gasteiger partial charge in [0, 0.05) is 13.0 Å². The number of morpholine rings is 1. The minimum Gasteiger partial charge on any atom is -0.486 e. The van der Waals surface area contributed by atoms with E-state index in [0.29, 0.717) is 17.9 Å². The summed E-state index contributed by atoms with van der Waals surface area (Å²) in [5.41, 5.74) is 0.368. The number of nitrogens with one attached hydrogen (secondary N) is 1. The topological polar surface area (TPSA) is 96.0 Å². The standard InChI is InChI=1S/C15H19N3O5S/c1-3-5-12-13(6-4-2)23-11(10-18(12)24(21)22)7-8-17-14(19)9-16-15(17)20/h3-6,11,24H,1-2,7-10H2,(H,16,20)/b12-5+,13-6+/t11-/m0/s1. The molecular formula is C15H19N3O5S. The molecule has 0 radical (unpaired) electrons. The fourth-order valence-electron chi connectivity index (χ4n) is 2.47. The van der Waals surface area contributed by atoms with Crippen LogP contribution in [-0.4, -0.2) is 55.3 Å². The molecule has 2 aliphatic heterocycles. The van der Waals surface area contributed by atoms with Crippen molar-refractivity contribution in [3.05, 3.63) is 48.9 Å². The normalized spacial score (nSPS) is 24.5. The number of rotatable bonds is 6. The van der Waals surface area contributed by atoms with Crippen LogP contribution in [0.4, 0.5) is 4.79 Å². The first-order valence-corrected chi connectivity index (χ1v) is 8.43. The lowest BCUT2D eigenvalue weighted by molar-refractivity contribution is -0.125. The Labute approximate surface area is 141 Å². The number of nitrogens with zero attached hydrogens (tertiary/aromatic N) is 2. The monoisotopic (exact) mass is 353 g/mol. The molecule has 0 aliphatic carbocycles. The van der Waals surface area contributed by atoms with Gasteiger partial charge in [0.1, 0.15) is 11.9 Å². The molecule has 9 heteroatoms. The van der Waals surface area contributed by atoms with Gasteiger partial charge in [0.25, 0.3) is 0 Å². The third kappa shape index (κ3) is 3.85. The maximum atomic E-state index is 11.6. The Morgan fingerprint density at radius 3 is 2.50 bits per heavy atom. The number of amides is 3. The summed E-state index contributed by atoms with van der Waals surface area (Å²) in [6.07, 6.45) is 5.87. The Balaban J connectivity index is 2.15. The first-order chi connectivity index (χ1) is 11.5. The SMILES string of the molecule is C=C/C=C1/O[C@@H](CCN2C(=O)CNC2=O)CN([SH](=O)=O)/C1=C/C=C. The predicted molar refractivity (Wildman–Crippen MR) is 88.2 cm³/mol. The number of carbonyl (C=O) groups is 2. The molecule has 2 fully saturated rings. The van der Waals surface area contributed by atoms with Gasteiger partial charge >= 0.3 is 6.03 Å². The zero-order valence-corrected chi connectivity index (χ0v) is 13.9. The predicted octanol–water partition coefficient (Wildman–Crippen LogP) is 0.295. The molecular weight excluding hydrogens is 334 g/mol. The molecule has 0 bridgehead atoms. The maximum Gasteiger partial charge on any atom is 0.324 e. The van der Waals surface area contributed by atoms with Crippen LogP contribution in [0.2, 0.25) is 0 Å². The quantitative estimate of drug-likeness (QED) is 0.529. The number of allylic oxidation sites excluding steroid dienone is 4. The second-order valence-corrected chi connectivity index (χ2v) is 6.07. The van der Waals surface area contributed by atoms with Gasteiger partial charge in [0.15, 0.2) is 0 Å². The molecule has 2 saturated heterocycles. The van der Waals surface area contributed by atoms with Crippen molar-refractivity contribution in [2.75, 3.05) is 19.6 Å². The molecule has 0 aromatic rings. The molecule has 2 aliphatic rings. The largest absolute Gasteiger partial charge is 0.486 e. The molecule has 24 heavy (non-hydrogen) atoms. The minimum atomic E-state index is -2.87. The summed E-state index contributed by atoms with van der Waals surface area (Å²) in [5, 5.41) is 2.43. The van der Waals surface area contributed by atoms with Gasteiger partial charge in [-0.05, 0) is 12.2 Å². The summed E-state index contributed by atoms with van der Waals surface area (Å²) in [6.45, 7) is 7.39. The Morgan fingerprint density at radius 2 is 1.96 bits per heavy atom. The van der Waals surface area contributed by atoms with Crippen molar-refractivity contribution in [2.45, 2.75) is 12.5 Å². The fourth-order valence-corrected chi connectivity index (χ4v) is 3.12. The Morgan fingerprint density at radius 1 is 1.25 bits per heavy atom. The minimum absolute atomic E-state index is 0.0171. The van der Waals surface area contributed by atoms with Crippen LogP contribution in [-0.2, 0) is 20.4 Å². The highest BCUT2D eigenvalue weighted by Gasteiger charge is 2.33. The lowest BCUT2D eigenvalue weighted by Crippen LogP contribution is -2.41. The molecule has 2 heterocycles. The van der Waals surface area contributed by atoms with Crippen LogP contribution in [0, 0.1) is 0 Å². The van der Waals surface area contributed by atoms with Gasteiger partial charge in [-0.3, -0.25) is 14.0 Å². The maximum absolute atomic E-state index is 11.6.